The Morgan fingerprint density at radius 1 is 1.08 bits per heavy atom. The Morgan fingerprint density at radius 2 is 1.67 bits per heavy atom. The van der Waals surface area contributed by atoms with E-state index in [1.807, 2.05) is 36.4 Å². The number of aliphatic hydroxyl groups is 1. The quantitative estimate of drug-likeness (QED) is 0.878. The summed E-state index contributed by atoms with van der Waals surface area (Å²) in [6, 6.07) is 17.3. The van der Waals surface area contributed by atoms with E-state index in [1.165, 1.54) is 4.90 Å². The smallest absolute Gasteiger partial charge is 0.340 e. The molecule has 24 heavy (non-hydrogen) atoms. The fourth-order valence-electron chi connectivity index (χ4n) is 2.83. The van der Waals surface area contributed by atoms with Gasteiger partial charge in [-0.1, -0.05) is 48.5 Å². The van der Waals surface area contributed by atoms with E-state index in [0.29, 0.717) is 5.69 Å². The van der Waals surface area contributed by atoms with E-state index in [9.17, 15) is 14.7 Å². The molecule has 1 aliphatic heterocycles. The summed E-state index contributed by atoms with van der Waals surface area (Å²) in [5.41, 5.74) is 1.29. The lowest BCUT2D eigenvalue weighted by molar-refractivity contribution is -0.139. The second-order valence-corrected chi connectivity index (χ2v) is 5.31. The number of anilines is 1. The van der Waals surface area contributed by atoms with Crippen molar-refractivity contribution in [1.29, 1.82) is 0 Å². The zero-order valence-corrected chi connectivity index (χ0v) is 13.2. The highest BCUT2D eigenvalue weighted by Gasteiger charge is 2.45. The van der Waals surface area contributed by atoms with Crippen LogP contribution < -0.4 is 4.90 Å². The van der Waals surface area contributed by atoms with Crippen molar-refractivity contribution < 1.29 is 19.4 Å². The van der Waals surface area contributed by atoms with Gasteiger partial charge in [0, 0.05) is 5.69 Å². The van der Waals surface area contributed by atoms with Gasteiger partial charge in [0.1, 0.15) is 5.57 Å². The van der Waals surface area contributed by atoms with Gasteiger partial charge in [-0.2, -0.15) is 0 Å². The highest BCUT2D eigenvalue weighted by atomic mass is 16.5. The molecule has 1 unspecified atom stereocenters. The van der Waals surface area contributed by atoms with E-state index in [4.69, 9.17) is 4.74 Å². The number of para-hydroxylation sites is 1. The monoisotopic (exact) mass is 323 g/mol. The molecule has 1 atom stereocenters. The lowest BCUT2D eigenvalue weighted by atomic mass is 9.99. The molecule has 0 spiro atoms. The zero-order valence-electron chi connectivity index (χ0n) is 13.2. The van der Waals surface area contributed by atoms with Crippen LogP contribution in [0.1, 0.15) is 18.5 Å². The largest absolute Gasteiger partial charge is 0.503 e. The number of benzene rings is 2. The van der Waals surface area contributed by atoms with Crippen molar-refractivity contribution in [3.63, 3.8) is 0 Å². The maximum Gasteiger partial charge on any atom is 0.340 e. The molecule has 5 nitrogen and oxygen atoms in total. The minimum atomic E-state index is -0.722. The maximum absolute atomic E-state index is 12.6. The number of hydrogen-bond donors (Lipinski definition) is 1. The minimum absolute atomic E-state index is 0.0306. The molecule has 3 rings (SSSR count). The first-order valence-electron chi connectivity index (χ1n) is 7.69. The minimum Gasteiger partial charge on any atom is -0.503 e. The summed E-state index contributed by atoms with van der Waals surface area (Å²) >= 11 is 0. The van der Waals surface area contributed by atoms with Crippen molar-refractivity contribution in [2.24, 2.45) is 0 Å². The molecular formula is C19H17NO4. The molecular weight excluding hydrogens is 306 g/mol. The summed E-state index contributed by atoms with van der Waals surface area (Å²) in [5, 5.41) is 10.3. The number of carbonyl (C=O) groups is 2. The predicted octanol–water partition coefficient (Wildman–Crippen LogP) is 3.15. The molecule has 0 fully saturated rings. The van der Waals surface area contributed by atoms with Crippen LogP contribution in [0.15, 0.2) is 72.0 Å². The molecule has 2 aromatic carbocycles. The summed E-state index contributed by atoms with van der Waals surface area (Å²) < 4.78 is 5.04. The number of amides is 1. The summed E-state index contributed by atoms with van der Waals surface area (Å²) in [4.78, 5) is 26.4. The molecule has 1 amide bonds. The van der Waals surface area contributed by atoms with Crippen molar-refractivity contribution in [2.45, 2.75) is 13.0 Å². The van der Waals surface area contributed by atoms with Crippen molar-refractivity contribution in [2.75, 3.05) is 11.5 Å². The van der Waals surface area contributed by atoms with Crippen LogP contribution in [-0.4, -0.2) is 23.6 Å². The number of rotatable bonds is 4. The fourth-order valence-corrected chi connectivity index (χ4v) is 2.83. The first-order valence-corrected chi connectivity index (χ1v) is 7.69. The van der Waals surface area contributed by atoms with Gasteiger partial charge in [0.25, 0.3) is 5.91 Å². The summed E-state index contributed by atoms with van der Waals surface area (Å²) in [6.45, 7) is 1.84. The topological polar surface area (TPSA) is 66.8 Å². The number of nitrogens with zero attached hydrogens (tertiary/aromatic N) is 1. The lowest BCUT2D eigenvalue weighted by Gasteiger charge is -2.26. The normalized spacial score (nSPS) is 17.3. The zero-order chi connectivity index (χ0) is 17.1. The second kappa shape index (κ2) is 6.58. The average Bonchev–Trinajstić information content (AvgIpc) is 2.88. The van der Waals surface area contributed by atoms with Crippen molar-refractivity contribution in [3.8, 4) is 0 Å². The molecule has 0 aromatic heterocycles. The predicted molar refractivity (Wildman–Crippen MR) is 89.4 cm³/mol. The van der Waals surface area contributed by atoms with Crippen LogP contribution in [0.5, 0.6) is 0 Å². The Kier molecular flexibility index (Phi) is 4.33. The van der Waals surface area contributed by atoms with Gasteiger partial charge >= 0.3 is 5.97 Å². The van der Waals surface area contributed by atoms with E-state index in [-0.39, 0.29) is 12.2 Å². The third kappa shape index (κ3) is 2.65. The molecule has 122 valence electrons. The third-order valence-electron chi connectivity index (χ3n) is 3.85. The summed E-state index contributed by atoms with van der Waals surface area (Å²) in [5.74, 6) is -1.86. The van der Waals surface area contributed by atoms with Crippen LogP contribution in [0.3, 0.4) is 0 Å². The molecule has 5 heteroatoms. The van der Waals surface area contributed by atoms with Crippen molar-refractivity contribution in [3.05, 3.63) is 77.6 Å². The molecule has 1 N–H and O–H groups in total. The Morgan fingerprint density at radius 3 is 2.25 bits per heavy atom. The van der Waals surface area contributed by atoms with Gasteiger partial charge in [-0.15, -0.1) is 0 Å². The van der Waals surface area contributed by atoms with Gasteiger partial charge in [-0.05, 0) is 24.6 Å². The van der Waals surface area contributed by atoms with Gasteiger partial charge in [0.15, 0.2) is 5.76 Å². The van der Waals surface area contributed by atoms with E-state index in [2.05, 4.69) is 0 Å². The molecule has 1 heterocycles. The third-order valence-corrected chi connectivity index (χ3v) is 3.85. The summed E-state index contributed by atoms with van der Waals surface area (Å²) in [7, 11) is 0. The highest BCUT2D eigenvalue weighted by molar-refractivity contribution is 6.15. The Hall–Kier alpha value is -3.08. The number of hydrogen-bond acceptors (Lipinski definition) is 4. The molecule has 0 aliphatic carbocycles. The number of esters is 1. The standard InChI is InChI=1S/C19H17NO4/c1-2-24-19(23)15-16(13-9-5-3-6-10-13)20(18(22)17(15)21)14-11-7-4-8-12-14/h3-12,16,21H,2H2,1H3. The van der Waals surface area contributed by atoms with Crippen LogP contribution in [0.25, 0.3) is 0 Å². The van der Waals surface area contributed by atoms with E-state index in [0.717, 1.165) is 5.56 Å². The van der Waals surface area contributed by atoms with Gasteiger partial charge in [-0.3, -0.25) is 9.69 Å². The molecule has 0 saturated heterocycles. The first-order chi connectivity index (χ1) is 11.6. The number of aliphatic hydroxyl groups excluding tert-OH is 1. The lowest BCUT2D eigenvalue weighted by Crippen LogP contribution is -2.31. The molecule has 0 radical (unpaired) electrons. The molecule has 2 aromatic rings. The van der Waals surface area contributed by atoms with Gasteiger partial charge in [0.2, 0.25) is 0 Å². The first kappa shape index (κ1) is 15.8. The van der Waals surface area contributed by atoms with E-state index >= 15 is 0 Å². The summed E-state index contributed by atoms with van der Waals surface area (Å²) in [6.07, 6.45) is 0. The van der Waals surface area contributed by atoms with E-state index in [1.54, 1.807) is 31.2 Å². The molecule has 1 aliphatic rings. The second-order valence-electron chi connectivity index (χ2n) is 5.31. The Balaban J connectivity index is 2.14. The van der Waals surface area contributed by atoms with Crippen LogP contribution in [0.4, 0.5) is 5.69 Å². The van der Waals surface area contributed by atoms with Crippen molar-refractivity contribution in [1.82, 2.24) is 0 Å². The molecule has 0 bridgehead atoms. The molecule has 0 saturated carbocycles. The van der Waals surface area contributed by atoms with Crippen LogP contribution in [-0.2, 0) is 14.3 Å². The Bertz CT molecular complexity index is 784. The maximum atomic E-state index is 12.6. The number of carbonyl (C=O) groups excluding carboxylic acids is 2. The van der Waals surface area contributed by atoms with Crippen molar-refractivity contribution >= 4 is 17.6 Å². The van der Waals surface area contributed by atoms with Crippen LogP contribution in [0, 0.1) is 0 Å². The van der Waals surface area contributed by atoms with Gasteiger partial charge < -0.3 is 9.84 Å². The van der Waals surface area contributed by atoms with E-state index < -0.39 is 23.7 Å². The fraction of sp³-hybridized carbons (Fsp3) is 0.158. The average molecular weight is 323 g/mol. The van der Waals surface area contributed by atoms with Crippen LogP contribution in [0.2, 0.25) is 0 Å². The highest BCUT2D eigenvalue weighted by Crippen LogP contribution is 2.40. The SMILES string of the molecule is CCOC(=O)C1=C(O)C(=O)N(c2ccccc2)C1c1ccccc1. The Labute approximate surface area is 139 Å². The van der Waals surface area contributed by atoms with Gasteiger partial charge in [0.05, 0.1) is 12.6 Å². The number of ether oxygens (including phenoxy) is 1. The van der Waals surface area contributed by atoms with Crippen LogP contribution >= 0.6 is 0 Å². The van der Waals surface area contributed by atoms with Gasteiger partial charge in [-0.25, -0.2) is 4.79 Å².